The topological polar surface area (TPSA) is 6.48 Å². The normalized spacial score (nSPS) is 20.4. The second-order valence-electron chi connectivity index (χ2n) is 21.4. The number of hydrogen-bond acceptors (Lipinski definition) is 4. The molecule has 0 bridgehead atoms. The Hall–Kier alpha value is -4.32. The molecule has 0 radical (unpaired) electrons. The van der Waals surface area contributed by atoms with Crippen molar-refractivity contribution in [3.8, 4) is 0 Å². The van der Waals surface area contributed by atoms with Gasteiger partial charge in [-0.3, -0.25) is 0 Å². The van der Waals surface area contributed by atoms with Gasteiger partial charge in [-0.05, 0) is 147 Å². The molecule has 296 valence electrons. The Morgan fingerprint density at radius 2 is 0.915 bits per heavy atom. The highest BCUT2D eigenvalue weighted by Crippen LogP contribution is 2.57. The fraction of sp³-hybridized carbons (Fsp3) is 0.370. The minimum Gasteiger partial charge on any atom is -0.310 e. The van der Waals surface area contributed by atoms with Gasteiger partial charge in [0.1, 0.15) is 0 Å². The Balaban J connectivity index is 1.23. The summed E-state index contributed by atoms with van der Waals surface area (Å²) in [5, 5.41) is 2.84. The van der Waals surface area contributed by atoms with Crippen molar-refractivity contribution in [1.29, 1.82) is 0 Å². The van der Waals surface area contributed by atoms with Crippen LogP contribution in [0.3, 0.4) is 0 Å². The lowest BCUT2D eigenvalue weighted by Gasteiger charge is -2.43. The predicted octanol–water partition coefficient (Wildman–Crippen LogP) is 14.2. The smallest absolute Gasteiger partial charge is 0.277 e. The van der Waals surface area contributed by atoms with Crippen LogP contribution in [-0.4, -0.2) is 6.71 Å². The number of benzene rings is 5. The lowest BCUT2D eigenvalue weighted by molar-refractivity contribution is 0.403. The van der Waals surface area contributed by atoms with Crippen molar-refractivity contribution >= 4 is 98.7 Å². The molecule has 12 rings (SSSR count). The molecule has 1 saturated carbocycles. The van der Waals surface area contributed by atoms with Crippen LogP contribution < -0.4 is 24.8 Å². The average Bonchev–Trinajstić information content (AvgIpc) is 3.87. The lowest BCUT2D eigenvalue weighted by Crippen LogP contribution is -2.59. The summed E-state index contributed by atoms with van der Waals surface area (Å²) in [4.78, 5) is 5.41. The number of para-hydroxylation sites is 2. The Labute approximate surface area is 359 Å². The fourth-order valence-corrected chi connectivity index (χ4v) is 16.0. The molecule has 0 N–H and O–H groups in total. The molecule has 2 aromatic heterocycles. The molecule has 3 aliphatic carbocycles. The van der Waals surface area contributed by atoms with Gasteiger partial charge in [0.2, 0.25) is 0 Å². The Bertz CT molecular complexity index is 2700. The van der Waals surface area contributed by atoms with Gasteiger partial charge in [-0.1, -0.05) is 111 Å². The van der Waals surface area contributed by atoms with Crippen LogP contribution in [0.25, 0.3) is 20.2 Å². The number of hydrogen-bond donors (Lipinski definition) is 0. The van der Waals surface area contributed by atoms with Crippen molar-refractivity contribution in [1.82, 2.24) is 0 Å². The molecule has 59 heavy (non-hydrogen) atoms. The fourth-order valence-electron chi connectivity index (χ4n) is 13.3. The van der Waals surface area contributed by atoms with Crippen LogP contribution in [-0.2, 0) is 21.7 Å². The zero-order valence-electron chi connectivity index (χ0n) is 36.1. The van der Waals surface area contributed by atoms with E-state index in [1.807, 2.05) is 0 Å². The molecule has 0 amide bonds. The standard InChI is InChI=1S/C54H55BN2S2/c1-51(2)30-53(5,6)40-28-44-36(26-38(40)51)47-49(58-44)55-46-42(56(47)34-20-14-10-15-21-34)24-33(32-18-12-9-13-19-32)25-43(46)57(35-22-16-11-17-23-35)48-37-27-39-41(29-45(37)59-50(48)55)54(7,8)31-52(39,3)4/h10-11,14-17,20-29,32H,9,12-13,18-19,30-31H2,1-8H3. The average molecular weight is 807 g/mol. The SMILES string of the molecule is CC1(C)CC(C)(C)c2cc3c4c(sc3cc21)B1c2sc3cc5c(cc3c2N(c2ccccc2)c2cc(C3CCCCC3)cc(c21)N4c1ccccc1)C(C)(C)CC5(C)C. The van der Waals surface area contributed by atoms with Crippen LogP contribution in [0, 0.1) is 0 Å². The van der Waals surface area contributed by atoms with Crippen molar-refractivity contribution in [2.24, 2.45) is 0 Å². The van der Waals surface area contributed by atoms with E-state index in [-0.39, 0.29) is 28.4 Å². The molecule has 5 aliphatic rings. The molecule has 0 saturated heterocycles. The molecule has 0 spiro atoms. The van der Waals surface area contributed by atoms with Crippen LogP contribution in [0.15, 0.2) is 97.1 Å². The summed E-state index contributed by atoms with van der Waals surface area (Å²) in [5.41, 5.74) is 17.7. The zero-order chi connectivity index (χ0) is 40.4. The predicted molar refractivity (Wildman–Crippen MR) is 258 cm³/mol. The largest absolute Gasteiger partial charge is 0.310 e. The highest BCUT2D eigenvalue weighted by molar-refractivity contribution is 7.40. The van der Waals surface area contributed by atoms with E-state index in [4.69, 9.17) is 0 Å². The third-order valence-electron chi connectivity index (χ3n) is 15.3. The van der Waals surface area contributed by atoms with Crippen LogP contribution >= 0.6 is 22.7 Å². The molecular weight excluding hydrogens is 752 g/mol. The summed E-state index contributed by atoms with van der Waals surface area (Å²) in [7, 11) is 0. The zero-order valence-corrected chi connectivity index (χ0v) is 37.7. The molecule has 1 fully saturated rings. The van der Waals surface area contributed by atoms with Gasteiger partial charge < -0.3 is 9.80 Å². The van der Waals surface area contributed by atoms with Gasteiger partial charge in [-0.15, -0.1) is 22.7 Å². The summed E-state index contributed by atoms with van der Waals surface area (Å²) in [5.74, 6) is 0.567. The van der Waals surface area contributed by atoms with Gasteiger partial charge in [0.15, 0.2) is 0 Å². The first-order valence-corrected chi connectivity index (χ1v) is 24.0. The Kier molecular flexibility index (Phi) is 7.53. The van der Waals surface area contributed by atoms with Crippen molar-refractivity contribution in [2.75, 3.05) is 9.80 Å². The number of anilines is 6. The molecular formula is C54H55BN2S2. The number of rotatable bonds is 3. The van der Waals surface area contributed by atoms with Gasteiger partial charge in [0.05, 0.1) is 11.4 Å². The maximum absolute atomic E-state index is 2.70. The van der Waals surface area contributed by atoms with E-state index in [1.54, 1.807) is 11.1 Å². The Morgan fingerprint density at radius 1 is 0.508 bits per heavy atom. The van der Waals surface area contributed by atoms with Crippen LogP contribution in [0.4, 0.5) is 34.1 Å². The number of thiophene rings is 2. The monoisotopic (exact) mass is 806 g/mol. The van der Waals surface area contributed by atoms with Gasteiger partial charge >= 0.3 is 0 Å². The third kappa shape index (κ3) is 5.10. The van der Waals surface area contributed by atoms with E-state index in [9.17, 15) is 0 Å². The first-order valence-electron chi connectivity index (χ1n) is 22.3. The minimum atomic E-state index is 0.120. The van der Waals surface area contributed by atoms with Crippen LogP contribution in [0.1, 0.15) is 134 Å². The van der Waals surface area contributed by atoms with E-state index in [2.05, 4.69) is 185 Å². The Morgan fingerprint density at radius 3 is 1.34 bits per heavy atom. The summed E-state index contributed by atoms with van der Waals surface area (Å²) >= 11 is 4.15. The van der Waals surface area contributed by atoms with Crippen molar-refractivity contribution in [3.05, 3.63) is 125 Å². The summed E-state index contributed by atoms with van der Waals surface area (Å²) < 4.78 is 5.85. The van der Waals surface area contributed by atoms with E-state index in [1.165, 1.54) is 131 Å². The summed E-state index contributed by atoms with van der Waals surface area (Å²) in [6.07, 6.45) is 8.88. The maximum Gasteiger partial charge on any atom is 0.277 e. The van der Waals surface area contributed by atoms with Gasteiger partial charge in [-0.2, -0.15) is 0 Å². The van der Waals surface area contributed by atoms with E-state index in [0.29, 0.717) is 5.92 Å². The minimum absolute atomic E-state index is 0.120. The van der Waals surface area contributed by atoms with Gasteiger partial charge in [0, 0.05) is 52.5 Å². The molecule has 2 nitrogen and oxygen atoms in total. The quantitative estimate of drug-likeness (QED) is 0.164. The van der Waals surface area contributed by atoms with E-state index < -0.39 is 0 Å². The van der Waals surface area contributed by atoms with Gasteiger partial charge in [-0.25, -0.2) is 0 Å². The maximum atomic E-state index is 2.70. The first kappa shape index (κ1) is 36.5. The molecule has 2 aliphatic heterocycles. The summed E-state index contributed by atoms with van der Waals surface area (Å²) in [6.45, 7) is 19.9. The molecule has 5 aromatic carbocycles. The molecule has 0 unspecified atom stereocenters. The highest BCUT2D eigenvalue weighted by Gasteiger charge is 2.50. The highest BCUT2D eigenvalue weighted by atomic mass is 32.1. The van der Waals surface area contributed by atoms with E-state index >= 15 is 0 Å². The number of fused-ring (bicyclic) bond motifs is 10. The van der Waals surface area contributed by atoms with Crippen molar-refractivity contribution in [2.45, 2.75) is 128 Å². The molecule has 7 aromatic rings. The molecule has 0 atom stereocenters. The third-order valence-corrected chi connectivity index (χ3v) is 17.8. The molecule has 5 heteroatoms. The number of nitrogens with zero attached hydrogens (tertiary/aromatic N) is 2. The van der Waals surface area contributed by atoms with Gasteiger partial charge in [0.25, 0.3) is 6.71 Å². The van der Waals surface area contributed by atoms with Crippen molar-refractivity contribution < 1.29 is 0 Å². The lowest BCUT2D eigenvalue weighted by atomic mass is 9.39. The van der Waals surface area contributed by atoms with Crippen LogP contribution in [0.2, 0.25) is 0 Å². The first-order chi connectivity index (χ1) is 28.2. The second-order valence-corrected chi connectivity index (χ2v) is 23.6. The van der Waals surface area contributed by atoms with E-state index in [0.717, 1.165) is 0 Å². The van der Waals surface area contributed by atoms with Crippen molar-refractivity contribution in [3.63, 3.8) is 0 Å². The summed E-state index contributed by atoms with van der Waals surface area (Å²) in [6, 6.07) is 38.5. The molecule has 4 heterocycles. The second kappa shape index (κ2) is 12.2. The van der Waals surface area contributed by atoms with Crippen LogP contribution in [0.5, 0.6) is 0 Å².